The van der Waals surface area contributed by atoms with Crippen molar-refractivity contribution >= 4 is 22.4 Å². The van der Waals surface area contributed by atoms with E-state index in [0.717, 1.165) is 22.2 Å². The van der Waals surface area contributed by atoms with E-state index in [0.29, 0.717) is 12.1 Å². The van der Waals surface area contributed by atoms with Crippen LogP contribution in [-0.4, -0.2) is 25.0 Å². The van der Waals surface area contributed by atoms with Crippen molar-refractivity contribution in [1.29, 1.82) is 0 Å². The van der Waals surface area contributed by atoms with E-state index in [1.54, 1.807) is 6.20 Å². The van der Waals surface area contributed by atoms with Crippen LogP contribution >= 0.6 is 0 Å². The lowest BCUT2D eigenvalue weighted by molar-refractivity contribution is 0.0950. The molecular formula is C19H19N3O. The first-order chi connectivity index (χ1) is 11.1. The minimum Gasteiger partial charge on any atom is -0.378 e. The highest BCUT2D eigenvalue weighted by Gasteiger charge is 2.08. The largest absolute Gasteiger partial charge is 0.378 e. The number of rotatable bonds is 4. The number of carbonyl (C=O) groups excluding carboxylic acids is 1. The Kier molecular flexibility index (Phi) is 4.24. The Bertz CT molecular complexity index is 837. The third-order valence-electron chi connectivity index (χ3n) is 3.80. The minimum absolute atomic E-state index is 0.0940. The summed E-state index contributed by atoms with van der Waals surface area (Å²) in [4.78, 5) is 18.7. The Hall–Kier alpha value is -2.88. The Morgan fingerprint density at radius 3 is 2.74 bits per heavy atom. The van der Waals surface area contributed by atoms with Gasteiger partial charge in [-0.3, -0.25) is 9.78 Å². The number of benzene rings is 2. The Labute approximate surface area is 135 Å². The maximum Gasteiger partial charge on any atom is 0.251 e. The summed E-state index contributed by atoms with van der Waals surface area (Å²) in [5.74, 6) is -0.0940. The number of carbonyl (C=O) groups is 1. The summed E-state index contributed by atoms with van der Waals surface area (Å²) in [6, 6.07) is 17.6. The number of nitrogens with one attached hydrogen (secondary N) is 1. The zero-order valence-electron chi connectivity index (χ0n) is 13.3. The zero-order chi connectivity index (χ0) is 16.2. The molecule has 0 bridgehead atoms. The van der Waals surface area contributed by atoms with Gasteiger partial charge in [0.25, 0.3) is 5.91 Å². The van der Waals surface area contributed by atoms with Gasteiger partial charge in [0.05, 0.1) is 12.2 Å². The van der Waals surface area contributed by atoms with E-state index in [4.69, 9.17) is 0 Å². The Morgan fingerprint density at radius 2 is 1.91 bits per heavy atom. The van der Waals surface area contributed by atoms with Gasteiger partial charge in [-0.1, -0.05) is 30.3 Å². The van der Waals surface area contributed by atoms with Gasteiger partial charge in [-0.25, -0.2) is 0 Å². The molecule has 4 heteroatoms. The molecule has 0 saturated carbocycles. The third-order valence-corrected chi connectivity index (χ3v) is 3.80. The lowest BCUT2D eigenvalue weighted by Gasteiger charge is -2.13. The van der Waals surface area contributed by atoms with Crippen molar-refractivity contribution in [1.82, 2.24) is 10.3 Å². The van der Waals surface area contributed by atoms with Crippen molar-refractivity contribution in [2.24, 2.45) is 0 Å². The second-order valence-corrected chi connectivity index (χ2v) is 5.61. The van der Waals surface area contributed by atoms with Crippen LogP contribution in [0, 0.1) is 0 Å². The zero-order valence-corrected chi connectivity index (χ0v) is 13.3. The fraction of sp³-hybridized carbons (Fsp3) is 0.158. The molecule has 0 atom stereocenters. The number of hydrogen-bond acceptors (Lipinski definition) is 3. The van der Waals surface area contributed by atoms with Gasteiger partial charge >= 0.3 is 0 Å². The van der Waals surface area contributed by atoms with E-state index in [-0.39, 0.29) is 5.91 Å². The second kappa shape index (κ2) is 6.48. The molecule has 0 saturated heterocycles. The first-order valence-electron chi connectivity index (χ1n) is 7.53. The van der Waals surface area contributed by atoms with Crippen LogP contribution < -0.4 is 10.2 Å². The molecule has 1 aromatic heterocycles. The van der Waals surface area contributed by atoms with Crippen LogP contribution in [0.4, 0.5) is 5.69 Å². The molecule has 0 fully saturated rings. The molecule has 2 aromatic carbocycles. The normalized spacial score (nSPS) is 10.5. The highest BCUT2D eigenvalue weighted by Crippen LogP contribution is 2.17. The maximum atomic E-state index is 12.4. The number of nitrogens with zero attached hydrogens (tertiary/aromatic N) is 2. The summed E-state index contributed by atoms with van der Waals surface area (Å²) in [6.45, 7) is 0.409. The van der Waals surface area contributed by atoms with Gasteiger partial charge in [-0.05, 0) is 29.7 Å². The molecule has 0 aliphatic heterocycles. The van der Waals surface area contributed by atoms with Crippen LogP contribution in [0.3, 0.4) is 0 Å². The summed E-state index contributed by atoms with van der Waals surface area (Å²) in [7, 11) is 3.91. The van der Waals surface area contributed by atoms with Crippen molar-refractivity contribution < 1.29 is 4.79 Å². The van der Waals surface area contributed by atoms with Gasteiger partial charge < -0.3 is 10.2 Å². The standard InChI is InChI=1S/C19H19N3O/c1-22(2)16-8-5-7-15(12-16)19(23)21-13-18-17-9-4-3-6-14(17)10-11-20-18/h3-12H,13H2,1-2H3,(H,21,23). The molecule has 0 unspecified atom stereocenters. The highest BCUT2D eigenvalue weighted by molar-refractivity contribution is 5.95. The summed E-state index contributed by atoms with van der Waals surface area (Å²) in [6.07, 6.45) is 1.77. The first-order valence-corrected chi connectivity index (χ1v) is 7.53. The van der Waals surface area contributed by atoms with Gasteiger partial charge in [-0.2, -0.15) is 0 Å². The summed E-state index contributed by atoms with van der Waals surface area (Å²) in [5.41, 5.74) is 2.53. The van der Waals surface area contributed by atoms with Crippen LogP contribution in [0.1, 0.15) is 16.1 Å². The van der Waals surface area contributed by atoms with Gasteiger partial charge in [0, 0.05) is 36.9 Å². The van der Waals surface area contributed by atoms with Gasteiger partial charge in [0.1, 0.15) is 0 Å². The van der Waals surface area contributed by atoms with Crippen molar-refractivity contribution in [3.05, 3.63) is 72.1 Å². The van der Waals surface area contributed by atoms with Crippen LogP contribution in [-0.2, 0) is 6.54 Å². The number of fused-ring (bicyclic) bond motifs is 1. The molecule has 0 radical (unpaired) electrons. The molecule has 3 rings (SSSR count). The number of pyridine rings is 1. The molecule has 1 N–H and O–H groups in total. The third kappa shape index (κ3) is 3.31. The molecule has 23 heavy (non-hydrogen) atoms. The molecule has 0 spiro atoms. The average molecular weight is 305 g/mol. The molecule has 1 amide bonds. The highest BCUT2D eigenvalue weighted by atomic mass is 16.1. The van der Waals surface area contributed by atoms with E-state index in [1.165, 1.54) is 0 Å². The fourth-order valence-corrected chi connectivity index (χ4v) is 2.51. The molecule has 4 nitrogen and oxygen atoms in total. The quantitative estimate of drug-likeness (QED) is 0.805. The number of aromatic nitrogens is 1. The van der Waals surface area contributed by atoms with E-state index < -0.39 is 0 Å². The van der Waals surface area contributed by atoms with E-state index in [1.807, 2.05) is 73.6 Å². The van der Waals surface area contributed by atoms with E-state index >= 15 is 0 Å². The SMILES string of the molecule is CN(C)c1cccc(C(=O)NCc2nccc3ccccc23)c1. The van der Waals surface area contributed by atoms with Crippen LogP contribution in [0.5, 0.6) is 0 Å². The Balaban J connectivity index is 1.77. The van der Waals surface area contributed by atoms with Crippen molar-refractivity contribution in [3.63, 3.8) is 0 Å². The predicted octanol–water partition coefficient (Wildman–Crippen LogP) is 3.23. The minimum atomic E-state index is -0.0940. The van der Waals surface area contributed by atoms with Gasteiger partial charge in [0.15, 0.2) is 0 Å². The maximum absolute atomic E-state index is 12.4. The van der Waals surface area contributed by atoms with Crippen LogP contribution in [0.2, 0.25) is 0 Å². The Morgan fingerprint density at radius 1 is 1.09 bits per heavy atom. The monoisotopic (exact) mass is 305 g/mol. The van der Waals surface area contributed by atoms with Gasteiger partial charge in [0.2, 0.25) is 0 Å². The first kappa shape index (κ1) is 15.0. The van der Waals surface area contributed by atoms with E-state index in [9.17, 15) is 4.79 Å². The summed E-state index contributed by atoms with van der Waals surface area (Å²) >= 11 is 0. The smallest absolute Gasteiger partial charge is 0.251 e. The van der Waals surface area contributed by atoms with Crippen molar-refractivity contribution in [2.75, 3.05) is 19.0 Å². The number of hydrogen-bond donors (Lipinski definition) is 1. The lowest BCUT2D eigenvalue weighted by atomic mass is 10.1. The van der Waals surface area contributed by atoms with Crippen molar-refractivity contribution in [3.8, 4) is 0 Å². The average Bonchev–Trinajstić information content (AvgIpc) is 2.59. The molecule has 0 aliphatic rings. The van der Waals surface area contributed by atoms with Crippen molar-refractivity contribution in [2.45, 2.75) is 6.54 Å². The molecular weight excluding hydrogens is 286 g/mol. The second-order valence-electron chi connectivity index (χ2n) is 5.61. The predicted molar refractivity (Wildman–Crippen MR) is 93.7 cm³/mol. The van der Waals surface area contributed by atoms with E-state index in [2.05, 4.69) is 10.3 Å². The van der Waals surface area contributed by atoms with Gasteiger partial charge in [-0.15, -0.1) is 0 Å². The fourth-order valence-electron chi connectivity index (χ4n) is 2.51. The number of anilines is 1. The molecule has 116 valence electrons. The molecule has 0 aliphatic carbocycles. The van der Waals surface area contributed by atoms with Crippen LogP contribution in [0.15, 0.2) is 60.8 Å². The van der Waals surface area contributed by atoms with Crippen LogP contribution in [0.25, 0.3) is 10.8 Å². The molecule has 1 heterocycles. The summed E-state index contributed by atoms with van der Waals surface area (Å²) < 4.78 is 0. The molecule has 3 aromatic rings. The summed E-state index contributed by atoms with van der Waals surface area (Å²) in [5, 5.41) is 5.15. The topological polar surface area (TPSA) is 45.2 Å². The lowest BCUT2D eigenvalue weighted by Crippen LogP contribution is -2.23. The number of amides is 1.